The maximum atomic E-state index is 12.1. The lowest BCUT2D eigenvalue weighted by Crippen LogP contribution is -2.18. The molecule has 0 aliphatic heterocycles. The Morgan fingerprint density at radius 2 is 1.96 bits per heavy atom. The highest BCUT2D eigenvalue weighted by Crippen LogP contribution is 2.37. The molecule has 0 aromatic heterocycles. The van der Waals surface area contributed by atoms with Gasteiger partial charge in [-0.15, -0.1) is 0 Å². The molecule has 2 rings (SSSR count). The SMILES string of the molecule is CCOc1cc(C#N)cc(Br)c1OC(=O)COc1ccccc1C. The van der Waals surface area contributed by atoms with Crippen LogP contribution in [0.5, 0.6) is 17.2 Å². The number of nitriles is 1. The number of nitrogens with zero attached hydrogens (tertiary/aromatic N) is 1. The van der Waals surface area contributed by atoms with Crippen molar-refractivity contribution in [2.45, 2.75) is 13.8 Å². The zero-order chi connectivity index (χ0) is 17.5. The first-order valence-corrected chi connectivity index (χ1v) is 8.10. The molecule has 0 unspecified atom stereocenters. The second kappa shape index (κ2) is 8.37. The predicted octanol–water partition coefficient (Wildman–Crippen LogP) is 4.01. The van der Waals surface area contributed by atoms with Crippen molar-refractivity contribution in [3.63, 3.8) is 0 Å². The molecule has 0 saturated carbocycles. The number of carbonyl (C=O) groups excluding carboxylic acids is 1. The summed E-state index contributed by atoms with van der Waals surface area (Å²) < 4.78 is 16.7. The van der Waals surface area contributed by atoms with Gasteiger partial charge < -0.3 is 14.2 Å². The summed E-state index contributed by atoms with van der Waals surface area (Å²) in [5, 5.41) is 9.01. The molecule has 0 aliphatic carbocycles. The molecule has 24 heavy (non-hydrogen) atoms. The number of halogens is 1. The van der Waals surface area contributed by atoms with Crippen LogP contribution < -0.4 is 14.2 Å². The quantitative estimate of drug-likeness (QED) is 0.551. The van der Waals surface area contributed by atoms with Crippen molar-refractivity contribution in [3.05, 3.63) is 52.0 Å². The molecule has 0 spiro atoms. The fourth-order valence-electron chi connectivity index (χ4n) is 1.99. The van der Waals surface area contributed by atoms with Crippen LogP contribution in [0.2, 0.25) is 0 Å². The Kier molecular flexibility index (Phi) is 6.21. The molecule has 5 nitrogen and oxygen atoms in total. The average molecular weight is 390 g/mol. The molecule has 0 N–H and O–H groups in total. The van der Waals surface area contributed by atoms with E-state index in [4.69, 9.17) is 19.5 Å². The molecular weight excluding hydrogens is 374 g/mol. The number of ether oxygens (including phenoxy) is 3. The lowest BCUT2D eigenvalue weighted by atomic mass is 10.2. The summed E-state index contributed by atoms with van der Waals surface area (Å²) in [6, 6.07) is 12.5. The normalized spacial score (nSPS) is 9.92. The first-order valence-electron chi connectivity index (χ1n) is 7.30. The Morgan fingerprint density at radius 3 is 2.62 bits per heavy atom. The van der Waals surface area contributed by atoms with Crippen LogP contribution in [-0.2, 0) is 4.79 Å². The second-order valence-corrected chi connectivity index (χ2v) is 5.71. The van der Waals surface area contributed by atoms with Gasteiger partial charge in [-0.3, -0.25) is 0 Å². The monoisotopic (exact) mass is 389 g/mol. The molecule has 0 amide bonds. The Morgan fingerprint density at radius 1 is 1.21 bits per heavy atom. The van der Waals surface area contributed by atoms with Crippen LogP contribution in [-0.4, -0.2) is 19.2 Å². The number of hydrogen-bond acceptors (Lipinski definition) is 5. The summed E-state index contributed by atoms with van der Waals surface area (Å²) in [6.45, 7) is 3.85. The van der Waals surface area contributed by atoms with E-state index in [2.05, 4.69) is 15.9 Å². The summed E-state index contributed by atoms with van der Waals surface area (Å²) in [6.07, 6.45) is 0. The number of hydrogen-bond donors (Lipinski definition) is 0. The Balaban J connectivity index is 2.11. The standard InChI is InChI=1S/C18H16BrNO4/c1-3-22-16-9-13(10-20)8-14(19)18(16)24-17(21)11-23-15-7-5-4-6-12(15)2/h4-9H,3,11H2,1-2H3. The smallest absolute Gasteiger partial charge is 0.349 e. The maximum absolute atomic E-state index is 12.1. The van der Waals surface area contributed by atoms with Crippen molar-refractivity contribution >= 4 is 21.9 Å². The Bertz CT molecular complexity index is 783. The fourth-order valence-corrected chi connectivity index (χ4v) is 2.52. The van der Waals surface area contributed by atoms with E-state index in [0.29, 0.717) is 28.1 Å². The maximum Gasteiger partial charge on any atom is 0.349 e. The summed E-state index contributed by atoms with van der Waals surface area (Å²) >= 11 is 3.30. The minimum atomic E-state index is -0.565. The molecule has 6 heteroatoms. The van der Waals surface area contributed by atoms with Gasteiger partial charge in [-0.05, 0) is 47.5 Å². The molecule has 0 fully saturated rings. The van der Waals surface area contributed by atoms with Gasteiger partial charge in [0, 0.05) is 6.07 Å². The zero-order valence-electron chi connectivity index (χ0n) is 13.3. The van der Waals surface area contributed by atoms with E-state index in [1.165, 1.54) is 6.07 Å². The number of carbonyl (C=O) groups is 1. The average Bonchev–Trinajstić information content (AvgIpc) is 2.57. The van der Waals surface area contributed by atoms with Crippen LogP contribution >= 0.6 is 15.9 Å². The van der Waals surface area contributed by atoms with E-state index >= 15 is 0 Å². The summed E-state index contributed by atoms with van der Waals surface area (Å²) in [7, 11) is 0. The van der Waals surface area contributed by atoms with Gasteiger partial charge in [0.2, 0.25) is 0 Å². The van der Waals surface area contributed by atoms with Crippen molar-refractivity contribution < 1.29 is 19.0 Å². The number of para-hydroxylation sites is 1. The predicted molar refractivity (Wildman–Crippen MR) is 92.3 cm³/mol. The van der Waals surface area contributed by atoms with Crippen LogP contribution in [0.4, 0.5) is 0 Å². The van der Waals surface area contributed by atoms with Crippen LogP contribution in [0.3, 0.4) is 0 Å². The number of aryl methyl sites for hydroxylation is 1. The highest BCUT2D eigenvalue weighted by molar-refractivity contribution is 9.10. The van der Waals surface area contributed by atoms with E-state index in [9.17, 15) is 4.79 Å². The third kappa shape index (κ3) is 4.49. The van der Waals surface area contributed by atoms with Crippen LogP contribution in [0, 0.1) is 18.3 Å². The third-order valence-corrected chi connectivity index (χ3v) is 3.68. The fraction of sp³-hybridized carbons (Fsp3) is 0.222. The van der Waals surface area contributed by atoms with Gasteiger partial charge in [0.1, 0.15) is 5.75 Å². The van der Waals surface area contributed by atoms with E-state index < -0.39 is 5.97 Å². The van der Waals surface area contributed by atoms with E-state index in [1.54, 1.807) is 19.1 Å². The molecule has 0 atom stereocenters. The summed E-state index contributed by atoms with van der Waals surface area (Å²) in [4.78, 5) is 12.1. The summed E-state index contributed by atoms with van der Waals surface area (Å²) in [5.74, 6) is 0.616. The lowest BCUT2D eigenvalue weighted by Gasteiger charge is -2.13. The van der Waals surface area contributed by atoms with Crippen molar-refractivity contribution in [3.8, 4) is 23.3 Å². The zero-order valence-corrected chi connectivity index (χ0v) is 14.9. The second-order valence-electron chi connectivity index (χ2n) is 4.86. The highest BCUT2D eigenvalue weighted by atomic mass is 79.9. The summed E-state index contributed by atoms with van der Waals surface area (Å²) in [5.41, 5.74) is 1.33. The number of rotatable bonds is 6. The minimum Gasteiger partial charge on any atom is -0.490 e. The third-order valence-electron chi connectivity index (χ3n) is 3.09. The first kappa shape index (κ1) is 17.8. The molecule has 0 heterocycles. The van der Waals surface area contributed by atoms with Gasteiger partial charge in [0.05, 0.1) is 22.7 Å². The first-order chi connectivity index (χ1) is 11.5. The molecule has 0 radical (unpaired) electrons. The number of benzene rings is 2. The lowest BCUT2D eigenvalue weighted by molar-refractivity contribution is -0.136. The number of esters is 1. The Hall–Kier alpha value is -2.52. The minimum absolute atomic E-state index is 0.231. The molecule has 2 aromatic rings. The van der Waals surface area contributed by atoms with Gasteiger partial charge in [0.15, 0.2) is 18.1 Å². The molecule has 0 aliphatic rings. The van der Waals surface area contributed by atoms with Gasteiger partial charge in [-0.25, -0.2) is 4.79 Å². The van der Waals surface area contributed by atoms with Gasteiger partial charge in [-0.2, -0.15) is 5.26 Å². The van der Waals surface area contributed by atoms with E-state index in [1.807, 2.05) is 31.2 Å². The topological polar surface area (TPSA) is 68.5 Å². The molecule has 2 aromatic carbocycles. The molecule has 124 valence electrons. The molecular formula is C18H16BrNO4. The molecule has 0 bridgehead atoms. The van der Waals surface area contributed by atoms with Crippen LogP contribution in [0.1, 0.15) is 18.1 Å². The van der Waals surface area contributed by atoms with Crippen molar-refractivity contribution in [2.75, 3.05) is 13.2 Å². The van der Waals surface area contributed by atoms with E-state index in [-0.39, 0.29) is 12.4 Å². The van der Waals surface area contributed by atoms with E-state index in [0.717, 1.165) is 5.56 Å². The Labute approximate surface area is 148 Å². The van der Waals surface area contributed by atoms with Crippen molar-refractivity contribution in [1.29, 1.82) is 5.26 Å². The van der Waals surface area contributed by atoms with Crippen molar-refractivity contribution in [2.24, 2.45) is 0 Å². The highest BCUT2D eigenvalue weighted by Gasteiger charge is 2.16. The molecule has 0 saturated heterocycles. The van der Waals surface area contributed by atoms with Crippen LogP contribution in [0.15, 0.2) is 40.9 Å². The van der Waals surface area contributed by atoms with Gasteiger partial charge in [-0.1, -0.05) is 18.2 Å². The van der Waals surface area contributed by atoms with Gasteiger partial charge >= 0.3 is 5.97 Å². The van der Waals surface area contributed by atoms with Crippen LogP contribution in [0.25, 0.3) is 0 Å². The van der Waals surface area contributed by atoms with Gasteiger partial charge in [0.25, 0.3) is 0 Å². The van der Waals surface area contributed by atoms with Crippen molar-refractivity contribution in [1.82, 2.24) is 0 Å². The largest absolute Gasteiger partial charge is 0.490 e.